The molecule has 0 spiro atoms. The van der Waals surface area contributed by atoms with Crippen molar-refractivity contribution in [3.63, 3.8) is 0 Å². The first-order chi connectivity index (χ1) is 28.7. The Morgan fingerprint density at radius 3 is 2.27 bits per heavy atom. The molecule has 0 aliphatic carbocycles. The SMILES string of the molecule is C=CCN1CC(=O)N2[C@@H](Cc3ccc(O)cc3)C(=O)N(Cc3cccc4c(-c5ccc(NC(=O)c6ccccc6)cc5)cn(C)c34)C[C@@H]2N1C(=O)NCc1ccccc1. The van der Waals surface area contributed by atoms with Crippen molar-refractivity contribution in [2.24, 2.45) is 7.05 Å². The van der Waals surface area contributed by atoms with E-state index in [4.69, 9.17) is 0 Å². The number of urea groups is 1. The van der Waals surface area contributed by atoms with Gasteiger partial charge in [-0.2, -0.15) is 0 Å². The number of nitrogens with one attached hydrogen (secondary N) is 2. The van der Waals surface area contributed by atoms with Gasteiger partial charge < -0.3 is 30.1 Å². The van der Waals surface area contributed by atoms with Crippen LogP contribution in [0.2, 0.25) is 0 Å². The number of para-hydroxylation sites is 1. The van der Waals surface area contributed by atoms with Crippen LogP contribution in [0.5, 0.6) is 5.75 Å². The summed E-state index contributed by atoms with van der Waals surface area (Å²) < 4.78 is 2.05. The van der Waals surface area contributed by atoms with E-state index in [0.29, 0.717) is 11.3 Å². The number of hydrogen-bond acceptors (Lipinski definition) is 6. The zero-order chi connectivity index (χ0) is 41.0. The van der Waals surface area contributed by atoms with Crippen molar-refractivity contribution in [2.45, 2.75) is 31.7 Å². The van der Waals surface area contributed by atoms with Crippen LogP contribution < -0.4 is 10.6 Å². The molecular weight excluding hydrogens is 743 g/mol. The van der Waals surface area contributed by atoms with Gasteiger partial charge in [-0.3, -0.25) is 14.4 Å². The zero-order valence-corrected chi connectivity index (χ0v) is 32.7. The van der Waals surface area contributed by atoms with E-state index in [0.717, 1.165) is 38.7 Å². The second kappa shape index (κ2) is 16.7. The Kier molecular flexibility index (Phi) is 11.0. The van der Waals surface area contributed by atoms with Gasteiger partial charge in [0, 0.05) is 61.5 Å². The highest BCUT2D eigenvalue weighted by molar-refractivity contribution is 6.04. The highest BCUT2D eigenvalue weighted by Crippen LogP contribution is 2.35. The van der Waals surface area contributed by atoms with Gasteiger partial charge in [0.1, 0.15) is 18.0 Å². The maximum Gasteiger partial charge on any atom is 0.334 e. The quantitative estimate of drug-likeness (QED) is 0.128. The minimum Gasteiger partial charge on any atom is -0.508 e. The lowest BCUT2D eigenvalue weighted by Crippen LogP contribution is -2.76. The maximum atomic E-state index is 14.7. The molecule has 5 aromatic carbocycles. The van der Waals surface area contributed by atoms with Gasteiger partial charge in [-0.25, -0.2) is 14.8 Å². The Morgan fingerprint density at radius 1 is 0.847 bits per heavy atom. The third-order valence-electron chi connectivity index (χ3n) is 11.0. The normalized spacial score (nSPS) is 16.9. The predicted octanol–water partition coefficient (Wildman–Crippen LogP) is 6.54. The van der Waals surface area contributed by atoms with Crippen LogP contribution in [0.1, 0.15) is 27.0 Å². The lowest BCUT2D eigenvalue weighted by molar-refractivity contribution is -0.189. The minimum atomic E-state index is -0.912. The Labute approximate surface area is 342 Å². The van der Waals surface area contributed by atoms with Gasteiger partial charge in [0.25, 0.3) is 5.91 Å². The van der Waals surface area contributed by atoms with Gasteiger partial charge in [0.2, 0.25) is 11.8 Å². The first-order valence-electron chi connectivity index (χ1n) is 19.6. The number of fused-ring (bicyclic) bond motifs is 2. The fourth-order valence-corrected chi connectivity index (χ4v) is 8.20. The average molecular weight is 788 g/mol. The maximum absolute atomic E-state index is 14.7. The summed E-state index contributed by atoms with van der Waals surface area (Å²) >= 11 is 0. The van der Waals surface area contributed by atoms with E-state index in [1.807, 2.05) is 92.0 Å². The number of phenolic OH excluding ortho intramolecular Hbond substituents is 1. The molecule has 6 aromatic rings. The third-order valence-corrected chi connectivity index (χ3v) is 11.0. The number of aromatic hydroxyl groups is 1. The lowest BCUT2D eigenvalue weighted by Gasteiger charge is -2.55. The summed E-state index contributed by atoms with van der Waals surface area (Å²) in [5, 5.41) is 20.3. The molecule has 0 unspecified atom stereocenters. The Morgan fingerprint density at radius 2 is 1.56 bits per heavy atom. The molecule has 8 rings (SSSR count). The number of phenols is 1. The van der Waals surface area contributed by atoms with E-state index < -0.39 is 18.2 Å². The van der Waals surface area contributed by atoms with E-state index in [1.165, 1.54) is 0 Å². The second-order valence-electron chi connectivity index (χ2n) is 14.9. The van der Waals surface area contributed by atoms with Crippen molar-refractivity contribution in [1.82, 2.24) is 29.7 Å². The van der Waals surface area contributed by atoms with Gasteiger partial charge in [0.05, 0.1) is 18.6 Å². The van der Waals surface area contributed by atoms with Gasteiger partial charge >= 0.3 is 6.03 Å². The molecule has 12 nitrogen and oxygen atoms in total. The molecule has 3 N–H and O–H groups in total. The molecule has 2 saturated heterocycles. The Hall–Kier alpha value is -7.18. The van der Waals surface area contributed by atoms with E-state index >= 15 is 0 Å². The fraction of sp³-hybridized carbons (Fsp3) is 0.191. The number of benzene rings is 5. The van der Waals surface area contributed by atoms with E-state index in [-0.39, 0.29) is 62.6 Å². The second-order valence-corrected chi connectivity index (χ2v) is 14.9. The lowest BCUT2D eigenvalue weighted by atomic mass is 9.97. The molecule has 0 bridgehead atoms. The molecule has 0 radical (unpaired) electrons. The molecule has 2 fully saturated rings. The van der Waals surface area contributed by atoms with Crippen molar-refractivity contribution in [2.75, 3.05) is 25.0 Å². The summed E-state index contributed by atoms with van der Waals surface area (Å²) in [7, 11) is 1.98. The molecule has 2 atom stereocenters. The number of hydrazine groups is 1. The number of nitrogens with zero attached hydrogens (tertiary/aromatic N) is 5. The van der Waals surface area contributed by atoms with Crippen molar-refractivity contribution < 1.29 is 24.3 Å². The first-order valence-corrected chi connectivity index (χ1v) is 19.6. The highest BCUT2D eigenvalue weighted by atomic mass is 16.3. The number of anilines is 1. The van der Waals surface area contributed by atoms with Gasteiger partial charge in [-0.1, -0.05) is 97.1 Å². The topological polar surface area (TPSA) is 130 Å². The molecule has 12 heteroatoms. The van der Waals surface area contributed by atoms with Gasteiger partial charge in [0.15, 0.2) is 0 Å². The van der Waals surface area contributed by atoms with Crippen LogP contribution in [-0.2, 0) is 36.1 Å². The van der Waals surface area contributed by atoms with E-state index in [2.05, 4.69) is 34.0 Å². The van der Waals surface area contributed by atoms with Crippen LogP contribution in [0.15, 0.2) is 146 Å². The summed E-state index contributed by atoms with van der Waals surface area (Å²) in [4.78, 5) is 59.1. The number of carbonyl (C=O) groups is 4. The summed E-state index contributed by atoms with van der Waals surface area (Å²) in [5.41, 5.74) is 6.75. The zero-order valence-electron chi connectivity index (χ0n) is 32.7. The van der Waals surface area contributed by atoms with Gasteiger partial charge in [-0.15, -0.1) is 6.58 Å². The fourth-order valence-electron chi connectivity index (χ4n) is 8.20. The molecule has 1 aromatic heterocycles. The third kappa shape index (κ3) is 8.03. The molecule has 0 saturated carbocycles. The largest absolute Gasteiger partial charge is 0.508 e. The molecule has 2 aliphatic heterocycles. The molecule has 298 valence electrons. The molecule has 2 aliphatic rings. The van der Waals surface area contributed by atoms with Crippen LogP contribution in [0.4, 0.5) is 10.5 Å². The van der Waals surface area contributed by atoms with Crippen LogP contribution >= 0.6 is 0 Å². The molecule has 59 heavy (non-hydrogen) atoms. The summed E-state index contributed by atoms with van der Waals surface area (Å²) in [6.07, 6.45) is 3.10. The summed E-state index contributed by atoms with van der Waals surface area (Å²) in [6, 6.07) is 37.7. The van der Waals surface area contributed by atoms with Gasteiger partial charge in [-0.05, 0) is 58.7 Å². The molecule has 5 amide bonds. The minimum absolute atomic E-state index is 0.0763. The number of rotatable bonds is 11. The summed E-state index contributed by atoms with van der Waals surface area (Å²) in [6.45, 7) is 4.61. The van der Waals surface area contributed by atoms with Crippen molar-refractivity contribution in [3.05, 3.63) is 168 Å². The number of hydrogen-bond donors (Lipinski definition) is 3. The van der Waals surface area contributed by atoms with Crippen LogP contribution in [0.25, 0.3) is 22.0 Å². The standard InChI is InChI=1S/C47H45N7O5/c1-3-25-52-31-43(56)53-41(26-32-17-23-38(55)24-18-32)46(58)51(30-42(53)54(52)47(59)48-27-33-11-6-4-7-12-33)28-36-15-10-16-39-40(29-50(2)44(36)39)34-19-21-37(22-20-34)49-45(57)35-13-8-5-9-14-35/h3-24,29,41-42,55H,1,25-28,30-31H2,2H3,(H,48,59)(H,49,57)/t41-,42-/m0/s1. The molecule has 3 heterocycles. The highest BCUT2D eigenvalue weighted by Gasteiger charge is 2.51. The average Bonchev–Trinajstić information content (AvgIpc) is 3.60. The number of carbonyl (C=O) groups excluding carboxylic acids is 4. The van der Waals surface area contributed by atoms with Crippen molar-refractivity contribution >= 4 is 40.3 Å². The van der Waals surface area contributed by atoms with E-state index in [1.54, 1.807) is 62.3 Å². The summed E-state index contributed by atoms with van der Waals surface area (Å²) in [5.74, 6) is -0.584. The Bertz CT molecular complexity index is 2500. The smallest absolute Gasteiger partial charge is 0.334 e. The van der Waals surface area contributed by atoms with Crippen LogP contribution in [0.3, 0.4) is 0 Å². The van der Waals surface area contributed by atoms with Crippen molar-refractivity contribution in [1.29, 1.82) is 0 Å². The number of amides is 5. The van der Waals surface area contributed by atoms with Crippen LogP contribution in [0, 0.1) is 0 Å². The monoisotopic (exact) mass is 787 g/mol. The number of aryl methyl sites for hydroxylation is 1. The first kappa shape index (κ1) is 38.7. The molecular formula is C47H45N7O5. The predicted molar refractivity (Wildman–Crippen MR) is 227 cm³/mol. The van der Waals surface area contributed by atoms with E-state index in [9.17, 15) is 24.3 Å². The number of piperazine rings is 1. The van der Waals surface area contributed by atoms with Crippen LogP contribution in [-0.4, -0.2) is 85.1 Å². The number of aromatic nitrogens is 1. The Balaban J connectivity index is 1.11. The van der Waals surface area contributed by atoms with Crippen molar-refractivity contribution in [3.8, 4) is 16.9 Å².